The van der Waals surface area contributed by atoms with Crippen LogP contribution < -0.4 is 0 Å². The second-order valence-electron chi connectivity index (χ2n) is 16.1. The van der Waals surface area contributed by atoms with E-state index in [1.807, 2.05) is 80.1 Å². The zero-order valence-electron chi connectivity index (χ0n) is 35.4. The Morgan fingerprint density at radius 2 is 1.10 bits per heavy atom. The first kappa shape index (κ1) is 41.5. The summed E-state index contributed by atoms with van der Waals surface area (Å²) in [4.78, 5) is 19.3. The van der Waals surface area contributed by atoms with Crippen LogP contribution in [0.4, 0.5) is 0 Å². The van der Waals surface area contributed by atoms with Crippen LogP contribution in [-0.4, -0.2) is 19.9 Å². The first-order valence-electron chi connectivity index (χ1n) is 21.2. The molecule has 0 bridgehead atoms. The molecule has 0 amide bonds. The van der Waals surface area contributed by atoms with Gasteiger partial charge in [0.15, 0.2) is 0 Å². The SMILES string of the molecule is Cc1ccc2c(n1)oc1c(-c3ccc(-c4ccccc4-c4cc(CCc5cnc(-c6[c-]cccc6)cc5C)cc(CCc5cnc(-c6[c-]cccc6)cc5C)c4)cn3)[c-]ccc12.[Ir+3]. The molecule has 0 saturated heterocycles. The molecule has 0 spiro atoms. The van der Waals surface area contributed by atoms with Crippen LogP contribution in [0.2, 0.25) is 0 Å². The summed E-state index contributed by atoms with van der Waals surface area (Å²) in [5, 5.41) is 2.00. The number of nitrogens with zero attached hydrogens (tertiary/aromatic N) is 4. The minimum atomic E-state index is 0. The van der Waals surface area contributed by atoms with Gasteiger partial charge in [0.25, 0.3) is 0 Å². The Balaban J connectivity index is 0.00000504. The van der Waals surface area contributed by atoms with Crippen molar-refractivity contribution in [2.75, 3.05) is 0 Å². The Hall–Kier alpha value is -6.85. The van der Waals surface area contributed by atoms with Crippen LogP contribution in [0.1, 0.15) is 39.1 Å². The van der Waals surface area contributed by atoms with Gasteiger partial charge < -0.3 is 19.4 Å². The Kier molecular flexibility index (Phi) is 12.0. The Bertz CT molecular complexity index is 3100. The molecule has 63 heavy (non-hydrogen) atoms. The van der Waals surface area contributed by atoms with Crippen LogP contribution in [0.5, 0.6) is 0 Å². The van der Waals surface area contributed by atoms with E-state index < -0.39 is 0 Å². The average Bonchev–Trinajstić information content (AvgIpc) is 3.69. The molecule has 0 saturated carbocycles. The molecule has 0 aliphatic carbocycles. The summed E-state index contributed by atoms with van der Waals surface area (Å²) in [5.41, 5.74) is 20.0. The number of aryl methyl sites for hydroxylation is 7. The van der Waals surface area contributed by atoms with Gasteiger partial charge in [-0.1, -0.05) is 88.8 Å². The molecule has 10 rings (SSSR count). The molecule has 6 heteroatoms. The number of benzene rings is 5. The molecule has 0 fully saturated rings. The van der Waals surface area contributed by atoms with E-state index in [0.29, 0.717) is 5.71 Å². The maximum absolute atomic E-state index is 6.30. The van der Waals surface area contributed by atoms with E-state index in [0.717, 1.165) is 92.6 Å². The van der Waals surface area contributed by atoms with Gasteiger partial charge in [-0.25, -0.2) is 4.98 Å². The Labute approximate surface area is 382 Å². The third-order valence-electron chi connectivity index (χ3n) is 11.8. The second-order valence-corrected chi connectivity index (χ2v) is 16.1. The van der Waals surface area contributed by atoms with Crippen LogP contribution in [-0.2, 0) is 45.8 Å². The second kappa shape index (κ2) is 18.2. The number of hydrogen-bond acceptors (Lipinski definition) is 5. The third kappa shape index (κ3) is 8.79. The van der Waals surface area contributed by atoms with Crippen LogP contribution in [0.15, 0.2) is 163 Å². The van der Waals surface area contributed by atoms with E-state index in [9.17, 15) is 0 Å². The molecule has 0 radical (unpaired) electrons. The van der Waals surface area contributed by atoms with E-state index in [2.05, 4.69) is 122 Å². The topological polar surface area (TPSA) is 64.7 Å². The van der Waals surface area contributed by atoms with E-state index in [1.165, 1.54) is 44.5 Å². The van der Waals surface area contributed by atoms with Crippen molar-refractivity contribution in [3.8, 4) is 56.0 Å². The normalized spacial score (nSPS) is 11.2. The monoisotopic (exact) mass is 992 g/mol. The van der Waals surface area contributed by atoms with Crippen LogP contribution in [0.25, 0.3) is 78.1 Å². The van der Waals surface area contributed by atoms with Gasteiger partial charge in [-0.3, -0.25) is 0 Å². The zero-order valence-corrected chi connectivity index (χ0v) is 37.8. The molecular formula is C57H43IrN4O. The number of pyridine rings is 4. The number of rotatable bonds is 11. The molecule has 0 N–H and O–H groups in total. The summed E-state index contributed by atoms with van der Waals surface area (Å²) in [5.74, 6) is 0. The minimum Gasteiger partial charge on any atom is -0.486 e. The van der Waals surface area contributed by atoms with Gasteiger partial charge in [0, 0.05) is 29.7 Å². The quantitative estimate of drug-likeness (QED) is 0.121. The number of fused-ring (bicyclic) bond motifs is 3. The molecule has 10 aromatic rings. The molecule has 0 aliphatic rings. The van der Waals surface area contributed by atoms with Crippen molar-refractivity contribution in [1.82, 2.24) is 19.9 Å². The fraction of sp³-hybridized carbons (Fsp3) is 0.123. The van der Waals surface area contributed by atoms with Gasteiger partial charge in [0.05, 0.1) is 5.58 Å². The van der Waals surface area contributed by atoms with Crippen LogP contribution >= 0.6 is 0 Å². The largest absolute Gasteiger partial charge is 3.00 e. The summed E-state index contributed by atoms with van der Waals surface area (Å²) in [6.45, 7) is 6.35. The van der Waals surface area contributed by atoms with Crippen molar-refractivity contribution >= 4 is 22.1 Å². The standard InChI is InChI=1S/C57H43N4O.Ir/c1-37-29-54(42-13-6-4-7-14-42)59-34-44(37)24-22-40-31-41(23-25-45-35-60-55(30-38(45)2)43-15-8-5-9-16-43)33-47(32-40)49-18-11-10-17-48(49)46-26-28-53(58-36-46)52-20-12-19-50-51-27-21-39(3)61-57(51)62-56(50)52;/h4-13,15,17-19,21,26-36H,22-25H2,1-3H3;/q-3;+3. The van der Waals surface area contributed by atoms with Gasteiger partial charge in [-0.2, -0.15) is 0 Å². The van der Waals surface area contributed by atoms with Gasteiger partial charge >= 0.3 is 20.1 Å². The zero-order chi connectivity index (χ0) is 42.0. The predicted octanol–water partition coefficient (Wildman–Crippen LogP) is 13.4. The van der Waals surface area contributed by atoms with E-state index in [-0.39, 0.29) is 20.1 Å². The molecule has 5 aromatic heterocycles. The van der Waals surface area contributed by atoms with Gasteiger partial charge in [-0.05, 0) is 120 Å². The predicted molar refractivity (Wildman–Crippen MR) is 250 cm³/mol. The van der Waals surface area contributed by atoms with Gasteiger partial charge in [-0.15, -0.1) is 90.0 Å². The van der Waals surface area contributed by atoms with Gasteiger partial charge in [0.2, 0.25) is 5.71 Å². The summed E-state index contributed by atoms with van der Waals surface area (Å²) >= 11 is 0. The van der Waals surface area contributed by atoms with E-state index >= 15 is 0 Å². The fourth-order valence-corrected chi connectivity index (χ4v) is 8.45. The molecule has 306 valence electrons. The van der Waals surface area contributed by atoms with E-state index in [1.54, 1.807) is 0 Å². The van der Waals surface area contributed by atoms with Crippen molar-refractivity contribution < 1.29 is 24.5 Å². The summed E-state index contributed by atoms with van der Waals surface area (Å²) in [7, 11) is 0. The molecular weight excluding hydrogens is 949 g/mol. The summed E-state index contributed by atoms with van der Waals surface area (Å²) < 4.78 is 6.30. The molecule has 0 atom stereocenters. The van der Waals surface area contributed by atoms with Crippen LogP contribution in [0, 0.1) is 39.0 Å². The van der Waals surface area contributed by atoms with Crippen molar-refractivity contribution in [3.05, 3.63) is 215 Å². The maximum atomic E-state index is 6.30. The summed E-state index contributed by atoms with van der Waals surface area (Å²) in [6.07, 6.45) is 9.60. The molecule has 5 heterocycles. The van der Waals surface area contributed by atoms with Gasteiger partial charge in [0.1, 0.15) is 0 Å². The minimum absolute atomic E-state index is 0. The van der Waals surface area contributed by atoms with Crippen molar-refractivity contribution in [2.24, 2.45) is 0 Å². The van der Waals surface area contributed by atoms with Crippen molar-refractivity contribution in [3.63, 3.8) is 0 Å². The fourth-order valence-electron chi connectivity index (χ4n) is 8.45. The Morgan fingerprint density at radius 3 is 1.67 bits per heavy atom. The van der Waals surface area contributed by atoms with Crippen molar-refractivity contribution in [2.45, 2.75) is 46.5 Å². The first-order valence-corrected chi connectivity index (χ1v) is 21.2. The molecule has 5 aromatic carbocycles. The molecule has 5 nitrogen and oxygen atoms in total. The smallest absolute Gasteiger partial charge is 0.486 e. The molecule has 0 aliphatic heterocycles. The molecule has 0 unspecified atom stereocenters. The van der Waals surface area contributed by atoms with E-state index in [4.69, 9.17) is 19.4 Å². The third-order valence-corrected chi connectivity index (χ3v) is 11.8. The summed E-state index contributed by atoms with van der Waals surface area (Å²) in [6, 6.07) is 58.5. The number of hydrogen-bond donors (Lipinski definition) is 0. The number of furan rings is 1. The number of aromatic nitrogens is 4. The van der Waals surface area contributed by atoms with Crippen LogP contribution in [0.3, 0.4) is 0 Å². The Morgan fingerprint density at radius 1 is 0.492 bits per heavy atom. The maximum Gasteiger partial charge on any atom is 3.00 e. The van der Waals surface area contributed by atoms with Crippen molar-refractivity contribution in [1.29, 1.82) is 0 Å². The first-order chi connectivity index (χ1) is 30.4. The average molecular weight is 992 g/mol.